The molecule has 0 aliphatic heterocycles. The number of hydrogen-bond acceptors (Lipinski definition) is 7. The van der Waals surface area contributed by atoms with Gasteiger partial charge >= 0.3 is 0 Å². The monoisotopic (exact) mass is 378 g/mol. The van der Waals surface area contributed by atoms with Crippen LogP contribution in [-0.2, 0) is 0 Å². The molecular weight excluding hydrogens is 364 g/mol. The highest BCUT2D eigenvalue weighted by atomic mass is 35.5. The Bertz CT molecular complexity index is 1070. The first-order valence-corrected chi connectivity index (χ1v) is 8.51. The van der Waals surface area contributed by atoms with E-state index in [9.17, 15) is 0 Å². The van der Waals surface area contributed by atoms with Crippen molar-refractivity contribution < 1.29 is 4.74 Å². The molecule has 4 aromatic rings. The lowest BCUT2D eigenvalue weighted by atomic mass is 10.3. The summed E-state index contributed by atoms with van der Waals surface area (Å²) >= 11 is 5.95. The van der Waals surface area contributed by atoms with Gasteiger partial charge in [-0.05, 0) is 48.5 Å². The van der Waals surface area contributed by atoms with E-state index < -0.39 is 0 Å². The van der Waals surface area contributed by atoms with Crippen molar-refractivity contribution in [3.63, 3.8) is 0 Å². The summed E-state index contributed by atoms with van der Waals surface area (Å²) in [4.78, 5) is 17.6. The van der Waals surface area contributed by atoms with Crippen LogP contribution in [0.15, 0.2) is 60.9 Å². The fraction of sp³-hybridized carbons (Fsp3) is 0.0526. The van der Waals surface area contributed by atoms with E-state index in [1.807, 2.05) is 36.4 Å². The van der Waals surface area contributed by atoms with Crippen molar-refractivity contribution in [1.29, 1.82) is 0 Å². The second-order valence-electron chi connectivity index (χ2n) is 5.61. The van der Waals surface area contributed by atoms with Crippen molar-refractivity contribution in [2.24, 2.45) is 0 Å². The highest BCUT2D eigenvalue weighted by Crippen LogP contribution is 2.25. The summed E-state index contributed by atoms with van der Waals surface area (Å²) < 4.78 is 5.17. The predicted octanol–water partition coefficient (Wildman–Crippen LogP) is 4.57. The molecule has 0 aliphatic carbocycles. The van der Waals surface area contributed by atoms with Gasteiger partial charge < -0.3 is 15.4 Å². The highest BCUT2D eigenvalue weighted by molar-refractivity contribution is 6.30. The Kier molecular flexibility index (Phi) is 4.67. The van der Waals surface area contributed by atoms with Crippen LogP contribution in [0, 0.1) is 0 Å². The number of benzene rings is 2. The molecule has 0 bridgehead atoms. The van der Waals surface area contributed by atoms with Crippen molar-refractivity contribution in [3.8, 4) is 5.75 Å². The van der Waals surface area contributed by atoms with E-state index in [2.05, 4.69) is 30.6 Å². The number of nitrogens with one attached hydrogen (secondary N) is 2. The molecule has 2 heterocycles. The minimum absolute atomic E-state index is 0.407. The molecule has 0 saturated carbocycles. The first-order valence-electron chi connectivity index (χ1n) is 8.14. The van der Waals surface area contributed by atoms with Gasteiger partial charge in [-0.2, -0.15) is 9.97 Å². The van der Waals surface area contributed by atoms with Crippen LogP contribution in [0.3, 0.4) is 0 Å². The van der Waals surface area contributed by atoms with Gasteiger partial charge in [0.1, 0.15) is 5.75 Å². The normalized spacial score (nSPS) is 10.6. The van der Waals surface area contributed by atoms with E-state index in [1.165, 1.54) is 0 Å². The van der Waals surface area contributed by atoms with Gasteiger partial charge in [0, 0.05) is 28.8 Å². The maximum absolute atomic E-state index is 5.95. The molecular formula is C19H15ClN6O. The molecule has 2 aromatic carbocycles. The van der Waals surface area contributed by atoms with Crippen molar-refractivity contribution in [2.75, 3.05) is 17.7 Å². The fourth-order valence-corrected chi connectivity index (χ4v) is 2.61. The second kappa shape index (κ2) is 7.43. The van der Waals surface area contributed by atoms with Gasteiger partial charge in [-0.25, -0.2) is 9.97 Å². The van der Waals surface area contributed by atoms with Crippen molar-refractivity contribution >= 4 is 45.9 Å². The maximum atomic E-state index is 5.95. The van der Waals surface area contributed by atoms with Gasteiger partial charge in [0.15, 0.2) is 17.0 Å². The smallest absolute Gasteiger partial charge is 0.231 e. The predicted molar refractivity (Wildman–Crippen MR) is 106 cm³/mol. The van der Waals surface area contributed by atoms with Gasteiger partial charge in [0.2, 0.25) is 5.95 Å². The molecule has 27 heavy (non-hydrogen) atoms. The van der Waals surface area contributed by atoms with Gasteiger partial charge in [-0.1, -0.05) is 11.6 Å². The lowest BCUT2D eigenvalue weighted by molar-refractivity contribution is 0.415. The van der Waals surface area contributed by atoms with E-state index in [-0.39, 0.29) is 0 Å². The van der Waals surface area contributed by atoms with E-state index in [0.29, 0.717) is 28.0 Å². The zero-order valence-corrected chi connectivity index (χ0v) is 15.1. The van der Waals surface area contributed by atoms with E-state index in [0.717, 1.165) is 17.1 Å². The molecule has 2 aromatic heterocycles. The third-order valence-corrected chi connectivity index (χ3v) is 4.04. The van der Waals surface area contributed by atoms with Crippen LogP contribution in [0.25, 0.3) is 11.2 Å². The molecule has 0 aliphatic rings. The van der Waals surface area contributed by atoms with Crippen LogP contribution in [0.5, 0.6) is 5.75 Å². The number of halogens is 1. The summed E-state index contributed by atoms with van der Waals surface area (Å²) in [6.45, 7) is 0. The Labute approximate surface area is 160 Å². The van der Waals surface area contributed by atoms with E-state index >= 15 is 0 Å². The number of rotatable bonds is 5. The lowest BCUT2D eigenvalue weighted by Gasteiger charge is -2.11. The second-order valence-corrected chi connectivity index (χ2v) is 6.05. The summed E-state index contributed by atoms with van der Waals surface area (Å²) in [7, 11) is 1.63. The molecule has 0 radical (unpaired) electrons. The number of fused-ring (bicyclic) bond motifs is 1. The Morgan fingerprint density at radius 2 is 1.48 bits per heavy atom. The molecule has 0 spiro atoms. The zero-order valence-electron chi connectivity index (χ0n) is 14.3. The number of ether oxygens (including phenoxy) is 1. The third kappa shape index (κ3) is 3.88. The lowest BCUT2D eigenvalue weighted by Crippen LogP contribution is -2.04. The van der Waals surface area contributed by atoms with Crippen LogP contribution in [0.1, 0.15) is 0 Å². The number of hydrogen-bond donors (Lipinski definition) is 2. The summed E-state index contributed by atoms with van der Waals surface area (Å²) in [5, 5.41) is 7.08. The first-order chi connectivity index (χ1) is 13.2. The Balaban J connectivity index is 1.69. The Morgan fingerprint density at radius 3 is 2.22 bits per heavy atom. The van der Waals surface area contributed by atoms with Crippen molar-refractivity contribution in [2.45, 2.75) is 0 Å². The largest absolute Gasteiger partial charge is 0.497 e. The topological polar surface area (TPSA) is 84.9 Å². The van der Waals surface area contributed by atoms with Crippen molar-refractivity contribution in [3.05, 3.63) is 65.9 Å². The minimum Gasteiger partial charge on any atom is -0.497 e. The molecule has 0 atom stereocenters. The Morgan fingerprint density at radius 1 is 0.815 bits per heavy atom. The highest BCUT2D eigenvalue weighted by Gasteiger charge is 2.11. The summed E-state index contributed by atoms with van der Waals surface area (Å²) in [5.74, 6) is 1.73. The van der Waals surface area contributed by atoms with Crippen molar-refractivity contribution in [1.82, 2.24) is 19.9 Å². The van der Waals surface area contributed by atoms with E-state index in [1.54, 1.807) is 31.6 Å². The van der Waals surface area contributed by atoms with Crippen LogP contribution in [0.2, 0.25) is 5.02 Å². The zero-order chi connectivity index (χ0) is 18.6. The fourth-order valence-electron chi connectivity index (χ4n) is 2.48. The molecule has 7 nitrogen and oxygen atoms in total. The minimum atomic E-state index is 0.407. The quantitative estimate of drug-likeness (QED) is 0.526. The average Bonchev–Trinajstić information content (AvgIpc) is 2.70. The number of methoxy groups -OCH3 is 1. The van der Waals surface area contributed by atoms with Gasteiger partial charge in [-0.15, -0.1) is 0 Å². The molecule has 0 unspecified atom stereocenters. The molecule has 0 amide bonds. The molecule has 8 heteroatoms. The van der Waals surface area contributed by atoms with Crippen LogP contribution < -0.4 is 15.4 Å². The summed E-state index contributed by atoms with van der Waals surface area (Å²) in [6, 6.07) is 14.8. The summed E-state index contributed by atoms with van der Waals surface area (Å²) in [6.07, 6.45) is 3.20. The molecule has 134 valence electrons. The standard InChI is InChI=1S/C19H15ClN6O/c1-27-15-8-6-14(7-9-15)24-19-25-17-16(21-10-11-22-17)18(26-19)23-13-4-2-12(20)3-5-13/h2-11H,1H3,(H2,22,23,24,25,26). The third-order valence-electron chi connectivity index (χ3n) is 3.79. The van der Waals surface area contributed by atoms with Gasteiger partial charge in [0.05, 0.1) is 7.11 Å². The molecule has 4 rings (SSSR count). The Hall–Kier alpha value is -3.45. The average molecular weight is 379 g/mol. The van der Waals surface area contributed by atoms with Crippen LogP contribution in [-0.4, -0.2) is 27.0 Å². The number of aromatic nitrogens is 4. The van der Waals surface area contributed by atoms with Crippen LogP contribution in [0.4, 0.5) is 23.1 Å². The first kappa shape index (κ1) is 17.0. The number of nitrogens with zero attached hydrogens (tertiary/aromatic N) is 4. The summed E-state index contributed by atoms with van der Waals surface area (Å²) in [5.41, 5.74) is 2.73. The molecule has 2 N–H and O–H groups in total. The molecule has 0 saturated heterocycles. The van der Waals surface area contributed by atoms with E-state index in [4.69, 9.17) is 16.3 Å². The maximum Gasteiger partial charge on any atom is 0.231 e. The van der Waals surface area contributed by atoms with Gasteiger partial charge in [-0.3, -0.25) is 0 Å². The van der Waals surface area contributed by atoms with Crippen LogP contribution >= 0.6 is 11.6 Å². The SMILES string of the molecule is COc1ccc(Nc2nc(Nc3ccc(Cl)cc3)c3nccnc3n2)cc1. The van der Waals surface area contributed by atoms with Gasteiger partial charge in [0.25, 0.3) is 0 Å². The molecule has 0 fully saturated rings. The number of anilines is 4.